The Kier molecular flexibility index (Phi) is 6.98. The van der Waals surface area contributed by atoms with Gasteiger partial charge in [0.05, 0.1) is 21.0 Å². The summed E-state index contributed by atoms with van der Waals surface area (Å²) in [5, 5.41) is 25.7. The van der Waals surface area contributed by atoms with Crippen molar-refractivity contribution >= 4 is 62.4 Å². The van der Waals surface area contributed by atoms with Gasteiger partial charge in [0, 0.05) is 16.1 Å². The van der Waals surface area contributed by atoms with Crippen LogP contribution in [0.15, 0.2) is 63.9 Å². The van der Waals surface area contributed by atoms with Crippen LogP contribution in [-0.2, 0) is 0 Å². The number of hydrogen-bond acceptors (Lipinski definition) is 7. The maximum absolute atomic E-state index is 10.6. The van der Waals surface area contributed by atoms with E-state index in [4.69, 9.17) is 29.0 Å². The van der Waals surface area contributed by atoms with Gasteiger partial charge >= 0.3 is 0 Å². The Hall–Kier alpha value is -2.18. The third kappa shape index (κ3) is 5.49. The van der Waals surface area contributed by atoms with E-state index in [1.165, 1.54) is 23.5 Å². The summed E-state index contributed by atoms with van der Waals surface area (Å²) in [6, 6.07) is 13.4. The predicted molar refractivity (Wildman–Crippen MR) is 130 cm³/mol. The molecular weight excluding hydrogens is 464 g/mol. The van der Waals surface area contributed by atoms with Crippen molar-refractivity contribution in [1.29, 1.82) is 0 Å². The number of benzene rings is 2. The number of hydrogen-bond donors (Lipinski definition) is 6. The van der Waals surface area contributed by atoms with Crippen LogP contribution in [0.25, 0.3) is 10.4 Å². The first-order valence-electron chi connectivity index (χ1n) is 8.49. The van der Waals surface area contributed by atoms with Crippen LogP contribution in [0.5, 0.6) is 5.75 Å². The standard InChI is InChI=1S/C19H19ClN4O3S3/c1-11(16-10-29-18(17(16)25)12-2-4-13(20)5-3-12)23-24-19(28)22-14-6-8-15(9-7-14)30(21,26)27/h2-10,25-27H,21H2,1H3,(H2,22,24,28). The summed E-state index contributed by atoms with van der Waals surface area (Å²) in [7, 11) is -3.25. The molecular formula is C19H19ClN4O3S3. The zero-order chi connectivity index (χ0) is 21.9. The molecule has 0 aliphatic rings. The number of nitrogens with zero attached hydrogens (tertiary/aromatic N) is 1. The minimum atomic E-state index is -3.25. The van der Waals surface area contributed by atoms with Crippen molar-refractivity contribution in [3.8, 4) is 16.2 Å². The van der Waals surface area contributed by atoms with Crippen molar-refractivity contribution in [3.05, 3.63) is 64.5 Å². The molecule has 0 unspecified atom stereocenters. The number of rotatable bonds is 5. The smallest absolute Gasteiger partial charge is 0.191 e. The van der Waals surface area contributed by atoms with E-state index < -0.39 is 10.8 Å². The first-order valence-corrected chi connectivity index (χ1v) is 11.8. The van der Waals surface area contributed by atoms with Gasteiger partial charge in [-0.3, -0.25) is 14.5 Å². The highest BCUT2D eigenvalue weighted by atomic mass is 35.5. The number of nitrogens with one attached hydrogen (secondary N) is 2. The lowest BCUT2D eigenvalue weighted by molar-refractivity contribution is 0.478. The number of thiophene rings is 1. The number of halogens is 1. The van der Waals surface area contributed by atoms with Crippen LogP contribution in [-0.4, -0.2) is 25.0 Å². The Morgan fingerprint density at radius 3 is 2.37 bits per heavy atom. The van der Waals surface area contributed by atoms with E-state index in [-0.39, 0.29) is 15.8 Å². The zero-order valence-electron chi connectivity index (χ0n) is 15.7. The average Bonchev–Trinajstić information content (AvgIpc) is 3.08. The number of anilines is 1. The second-order valence-corrected chi connectivity index (χ2v) is 9.60. The highest BCUT2D eigenvalue weighted by Crippen LogP contribution is 2.40. The molecule has 0 aliphatic heterocycles. The number of aromatic hydroxyl groups is 1. The van der Waals surface area contributed by atoms with Crippen LogP contribution in [0.2, 0.25) is 5.02 Å². The molecule has 0 radical (unpaired) electrons. The molecule has 1 heterocycles. The molecule has 11 heteroatoms. The molecule has 0 saturated carbocycles. The van der Waals surface area contributed by atoms with Crippen molar-refractivity contribution in [1.82, 2.24) is 5.43 Å². The third-order valence-corrected chi connectivity index (χ3v) is 6.47. The lowest BCUT2D eigenvalue weighted by atomic mass is 10.1. The molecule has 0 saturated heterocycles. The van der Waals surface area contributed by atoms with Crippen molar-refractivity contribution < 1.29 is 14.2 Å². The molecule has 0 bridgehead atoms. The van der Waals surface area contributed by atoms with E-state index in [2.05, 4.69) is 15.8 Å². The molecule has 0 spiro atoms. The quantitative estimate of drug-likeness (QED) is 0.162. The molecule has 3 aromatic rings. The highest BCUT2D eigenvalue weighted by molar-refractivity contribution is 8.22. The molecule has 0 atom stereocenters. The predicted octanol–water partition coefficient (Wildman–Crippen LogP) is 5.47. The Bertz CT molecular complexity index is 1080. The number of hydrazone groups is 1. The second-order valence-electron chi connectivity index (χ2n) is 6.21. The minimum Gasteiger partial charge on any atom is -0.506 e. The Labute approximate surface area is 189 Å². The van der Waals surface area contributed by atoms with Gasteiger partial charge in [-0.1, -0.05) is 23.7 Å². The Morgan fingerprint density at radius 1 is 1.13 bits per heavy atom. The lowest BCUT2D eigenvalue weighted by Crippen LogP contribution is -2.24. The van der Waals surface area contributed by atoms with Gasteiger partial charge in [0.2, 0.25) is 0 Å². The van der Waals surface area contributed by atoms with Crippen molar-refractivity contribution in [2.75, 3.05) is 5.32 Å². The van der Waals surface area contributed by atoms with Gasteiger partial charge in [-0.2, -0.15) is 5.10 Å². The normalized spacial score (nSPS) is 12.5. The fraction of sp³-hybridized carbons (Fsp3) is 0.0526. The summed E-state index contributed by atoms with van der Waals surface area (Å²) < 4.78 is 18.9. The van der Waals surface area contributed by atoms with Crippen LogP contribution in [0.1, 0.15) is 12.5 Å². The molecule has 0 fully saturated rings. The summed E-state index contributed by atoms with van der Waals surface area (Å²) >= 11 is 12.5. The van der Waals surface area contributed by atoms with Gasteiger partial charge in [0.25, 0.3) is 0 Å². The Morgan fingerprint density at radius 2 is 1.77 bits per heavy atom. The minimum absolute atomic E-state index is 0.139. The fourth-order valence-corrected chi connectivity index (χ4v) is 4.34. The van der Waals surface area contributed by atoms with E-state index in [9.17, 15) is 14.2 Å². The van der Waals surface area contributed by atoms with Crippen LogP contribution < -0.4 is 15.9 Å². The molecule has 30 heavy (non-hydrogen) atoms. The van der Waals surface area contributed by atoms with E-state index in [1.807, 2.05) is 17.5 Å². The second kappa shape index (κ2) is 9.31. The van der Waals surface area contributed by atoms with Crippen LogP contribution >= 0.6 is 45.9 Å². The van der Waals surface area contributed by atoms with Crippen molar-refractivity contribution in [2.45, 2.75) is 11.8 Å². The molecule has 158 valence electrons. The van der Waals surface area contributed by atoms with Gasteiger partial charge < -0.3 is 10.4 Å². The van der Waals surface area contributed by atoms with Crippen molar-refractivity contribution in [3.63, 3.8) is 0 Å². The maximum Gasteiger partial charge on any atom is 0.191 e. The van der Waals surface area contributed by atoms with E-state index in [1.54, 1.807) is 31.2 Å². The van der Waals surface area contributed by atoms with Crippen LogP contribution in [0, 0.1) is 0 Å². The van der Waals surface area contributed by atoms with Gasteiger partial charge in [-0.25, -0.2) is 5.14 Å². The summed E-state index contributed by atoms with van der Waals surface area (Å²) in [5.74, 6) is 0.139. The maximum atomic E-state index is 10.6. The van der Waals surface area contributed by atoms with Gasteiger partial charge in [-0.05, 0) is 61.1 Å². The SMILES string of the molecule is CC(=NNC(=S)Nc1ccc(S(N)(O)O)cc1)c1csc(-c2ccc(Cl)cc2)c1O. The first kappa shape index (κ1) is 22.5. The summed E-state index contributed by atoms with van der Waals surface area (Å²) in [6.45, 7) is 1.75. The summed E-state index contributed by atoms with van der Waals surface area (Å²) in [5.41, 5.74) is 5.36. The van der Waals surface area contributed by atoms with Crippen molar-refractivity contribution in [2.24, 2.45) is 10.2 Å². The lowest BCUT2D eigenvalue weighted by Gasteiger charge is -2.26. The molecule has 0 amide bonds. The molecule has 1 aromatic heterocycles. The van der Waals surface area contributed by atoms with Crippen LogP contribution in [0.3, 0.4) is 0 Å². The fourth-order valence-electron chi connectivity index (χ4n) is 2.51. The van der Waals surface area contributed by atoms with Crippen LogP contribution in [0.4, 0.5) is 5.69 Å². The van der Waals surface area contributed by atoms with E-state index in [0.717, 1.165) is 10.4 Å². The summed E-state index contributed by atoms with van der Waals surface area (Å²) in [4.78, 5) is 0.952. The largest absolute Gasteiger partial charge is 0.506 e. The number of nitrogens with two attached hydrogens (primary N) is 1. The monoisotopic (exact) mass is 482 g/mol. The van der Waals surface area contributed by atoms with E-state index >= 15 is 0 Å². The summed E-state index contributed by atoms with van der Waals surface area (Å²) in [6.07, 6.45) is 0. The Balaban J connectivity index is 1.66. The van der Waals surface area contributed by atoms with E-state index in [0.29, 0.717) is 22.0 Å². The third-order valence-electron chi connectivity index (χ3n) is 4.05. The van der Waals surface area contributed by atoms with Gasteiger partial charge in [-0.15, -0.1) is 22.1 Å². The first-order chi connectivity index (χ1) is 14.1. The average molecular weight is 483 g/mol. The zero-order valence-corrected chi connectivity index (χ0v) is 18.9. The highest BCUT2D eigenvalue weighted by Gasteiger charge is 2.15. The molecule has 2 aromatic carbocycles. The molecule has 7 nitrogen and oxygen atoms in total. The molecule has 3 rings (SSSR count). The van der Waals surface area contributed by atoms with Gasteiger partial charge in [0.1, 0.15) is 5.75 Å². The molecule has 7 N–H and O–H groups in total. The molecule has 0 aliphatic carbocycles. The number of thiocarbonyl (C=S) groups is 1. The topological polar surface area (TPSA) is 123 Å². The van der Waals surface area contributed by atoms with Gasteiger partial charge in [0.15, 0.2) is 5.11 Å².